The van der Waals surface area contributed by atoms with Crippen LogP contribution in [0.3, 0.4) is 0 Å². The van der Waals surface area contributed by atoms with Crippen molar-refractivity contribution in [3.8, 4) is 0 Å². The number of nitrogens with zero attached hydrogens (tertiary/aromatic N) is 2. The quantitative estimate of drug-likeness (QED) is 0.918. The van der Waals surface area contributed by atoms with Crippen molar-refractivity contribution in [3.63, 3.8) is 0 Å². The van der Waals surface area contributed by atoms with Crippen LogP contribution in [0.5, 0.6) is 0 Å². The molecule has 1 saturated heterocycles. The number of pyridine rings is 1. The highest BCUT2D eigenvalue weighted by Gasteiger charge is 2.35. The van der Waals surface area contributed by atoms with Crippen LogP contribution >= 0.6 is 0 Å². The molecule has 0 radical (unpaired) electrons. The number of rotatable bonds is 3. The number of anilines is 1. The summed E-state index contributed by atoms with van der Waals surface area (Å²) in [5.74, 6) is 1.16. The van der Waals surface area contributed by atoms with Crippen LogP contribution in [0.15, 0.2) is 12.3 Å². The van der Waals surface area contributed by atoms with E-state index in [1.165, 1.54) is 36.8 Å². The second kappa shape index (κ2) is 6.10. The van der Waals surface area contributed by atoms with Crippen molar-refractivity contribution in [2.75, 3.05) is 25.1 Å². The number of aromatic nitrogens is 1. The zero-order chi connectivity index (χ0) is 13.9. The molecule has 0 bridgehead atoms. The smallest absolute Gasteiger partial charge is 0.131 e. The molecule has 1 aromatic rings. The first kappa shape index (κ1) is 13.8. The average Bonchev–Trinajstić information content (AvgIpc) is 2.47. The van der Waals surface area contributed by atoms with Gasteiger partial charge in [-0.05, 0) is 44.0 Å². The SMILES string of the molecule is CNCc1cnc(N2CCOC3CCCCC32)c(C)c1. The molecule has 1 N–H and O–H groups in total. The summed E-state index contributed by atoms with van der Waals surface area (Å²) in [6.07, 6.45) is 7.49. The van der Waals surface area contributed by atoms with Crippen molar-refractivity contribution in [1.29, 1.82) is 0 Å². The molecule has 0 amide bonds. The molecule has 20 heavy (non-hydrogen) atoms. The van der Waals surface area contributed by atoms with Crippen molar-refractivity contribution in [2.45, 2.75) is 51.3 Å². The van der Waals surface area contributed by atoms with Gasteiger partial charge in [0.25, 0.3) is 0 Å². The molecule has 1 aromatic heterocycles. The molecule has 4 heteroatoms. The molecule has 2 heterocycles. The van der Waals surface area contributed by atoms with Gasteiger partial charge in [-0.1, -0.05) is 12.8 Å². The molecule has 0 aromatic carbocycles. The Bertz CT molecular complexity index is 461. The minimum atomic E-state index is 0.413. The van der Waals surface area contributed by atoms with E-state index in [1.54, 1.807) is 0 Å². The number of nitrogens with one attached hydrogen (secondary N) is 1. The fourth-order valence-electron chi connectivity index (χ4n) is 3.59. The van der Waals surface area contributed by atoms with Crippen LogP contribution in [-0.4, -0.2) is 37.3 Å². The third-order valence-corrected chi connectivity index (χ3v) is 4.49. The summed E-state index contributed by atoms with van der Waals surface area (Å²) in [7, 11) is 1.97. The number of aryl methyl sites for hydroxylation is 1. The molecule has 4 nitrogen and oxygen atoms in total. The van der Waals surface area contributed by atoms with Crippen molar-refractivity contribution < 1.29 is 4.74 Å². The van der Waals surface area contributed by atoms with E-state index in [2.05, 4.69) is 23.2 Å². The van der Waals surface area contributed by atoms with E-state index < -0.39 is 0 Å². The monoisotopic (exact) mass is 275 g/mol. The van der Waals surface area contributed by atoms with Gasteiger partial charge in [0.15, 0.2) is 0 Å². The molecule has 2 fully saturated rings. The number of hydrogen-bond donors (Lipinski definition) is 1. The fourth-order valence-corrected chi connectivity index (χ4v) is 3.59. The molecule has 110 valence electrons. The second-order valence-electron chi connectivity index (χ2n) is 5.97. The first-order valence-electron chi connectivity index (χ1n) is 7.78. The van der Waals surface area contributed by atoms with Crippen molar-refractivity contribution in [2.24, 2.45) is 0 Å². The molecular weight excluding hydrogens is 250 g/mol. The molecule has 0 spiro atoms. The number of fused-ring (bicyclic) bond motifs is 1. The molecule has 2 aliphatic rings. The van der Waals surface area contributed by atoms with Crippen LogP contribution in [0.4, 0.5) is 5.82 Å². The Morgan fingerprint density at radius 1 is 1.40 bits per heavy atom. The Hall–Kier alpha value is -1.13. The highest BCUT2D eigenvalue weighted by Crippen LogP contribution is 2.32. The minimum absolute atomic E-state index is 0.413. The Labute approximate surface area is 121 Å². The van der Waals surface area contributed by atoms with Crippen LogP contribution in [0.25, 0.3) is 0 Å². The predicted molar refractivity (Wildman–Crippen MR) is 81.1 cm³/mol. The zero-order valence-electron chi connectivity index (χ0n) is 12.6. The Morgan fingerprint density at radius 3 is 3.05 bits per heavy atom. The Morgan fingerprint density at radius 2 is 2.25 bits per heavy atom. The minimum Gasteiger partial charge on any atom is -0.374 e. The number of ether oxygens (including phenoxy) is 1. The Balaban J connectivity index is 1.83. The van der Waals surface area contributed by atoms with Gasteiger partial charge in [-0.3, -0.25) is 0 Å². The summed E-state index contributed by atoms with van der Waals surface area (Å²) < 4.78 is 5.96. The first-order valence-corrected chi connectivity index (χ1v) is 7.78. The molecule has 1 saturated carbocycles. The summed E-state index contributed by atoms with van der Waals surface area (Å²) in [6, 6.07) is 2.78. The van der Waals surface area contributed by atoms with Gasteiger partial charge >= 0.3 is 0 Å². The third kappa shape index (κ3) is 2.67. The van der Waals surface area contributed by atoms with Crippen LogP contribution in [0.1, 0.15) is 36.8 Å². The Kier molecular flexibility index (Phi) is 4.22. The normalized spacial score (nSPS) is 26.4. The van der Waals surface area contributed by atoms with Gasteiger partial charge in [0.05, 0.1) is 18.8 Å². The maximum atomic E-state index is 5.96. The highest BCUT2D eigenvalue weighted by molar-refractivity contribution is 5.49. The van der Waals surface area contributed by atoms with Crippen molar-refractivity contribution in [1.82, 2.24) is 10.3 Å². The molecular formula is C16H25N3O. The van der Waals surface area contributed by atoms with E-state index in [0.717, 1.165) is 25.5 Å². The standard InChI is InChI=1S/C16H25N3O/c1-12-9-13(10-17-2)11-18-16(12)19-7-8-20-15-6-4-3-5-14(15)19/h9,11,14-15,17H,3-8,10H2,1-2H3. The molecule has 2 atom stereocenters. The van der Waals surface area contributed by atoms with Gasteiger partial charge in [0, 0.05) is 19.3 Å². The summed E-state index contributed by atoms with van der Waals surface area (Å²) in [5.41, 5.74) is 2.53. The maximum Gasteiger partial charge on any atom is 0.131 e. The van der Waals surface area contributed by atoms with E-state index in [0.29, 0.717) is 12.1 Å². The first-order chi connectivity index (χ1) is 9.79. The molecule has 2 unspecified atom stereocenters. The number of hydrogen-bond acceptors (Lipinski definition) is 4. The third-order valence-electron chi connectivity index (χ3n) is 4.49. The highest BCUT2D eigenvalue weighted by atomic mass is 16.5. The van der Waals surface area contributed by atoms with E-state index in [4.69, 9.17) is 9.72 Å². The van der Waals surface area contributed by atoms with Gasteiger partial charge in [0.1, 0.15) is 5.82 Å². The predicted octanol–water partition coefficient (Wildman–Crippen LogP) is 2.26. The van der Waals surface area contributed by atoms with E-state index in [9.17, 15) is 0 Å². The topological polar surface area (TPSA) is 37.4 Å². The lowest BCUT2D eigenvalue weighted by molar-refractivity contribution is -0.00903. The molecule has 1 aliphatic carbocycles. The van der Waals surface area contributed by atoms with Gasteiger partial charge < -0.3 is 15.0 Å². The lowest BCUT2D eigenvalue weighted by Gasteiger charge is -2.44. The fraction of sp³-hybridized carbons (Fsp3) is 0.688. The molecule has 3 rings (SSSR count). The van der Waals surface area contributed by atoms with Crippen molar-refractivity contribution in [3.05, 3.63) is 23.4 Å². The lowest BCUT2D eigenvalue weighted by Crippen LogP contribution is -2.53. The van der Waals surface area contributed by atoms with Crippen LogP contribution in [-0.2, 0) is 11.3 Å². The largest absolute Gasteiger partial charge is 0.374 e. The van der Waals surface area contributed by atoms with E-state index in [-0.39, 0.29) is 0 Å². The number of morpholine rings is 1. The van der Waals surface area contributed by atoms with Crippen LogP contribution in [0.2, 0.25) is 0 Å². The maximum absolute atomic E-state index is 5.96. The van der Waals surface area contributed by atoms with E-state index in [1.807, 2.05) is 13.2 Å². The van der Waals surface area contributed by atoms with Crippen LogP contribution in [0, 0.1) is 6.92 Å². The van der Waals surface area contributed by atoms with Crippen LogP contribution < -0.4 is 10.2 Å². The van der Waals surface area contributed by atoms with Gasteiger partial charge in [0.2, 0.25) is 0 Å². The van der Waals surface area contributed by atoms with E-state index >= 15 is 0 Å². The summed E-state index contributed by atoms with van der Waals surface area (Å²) in [5, 5.41) is 3.18. The average molecular weight is 275 g/mol. The van der Waals surface area contributed by atoms with Crippen molar-refractivity contribution >= 4 is 5.82 Å². The second-order valence-corrected chi connectivity index (χ2v) is 5.97. The summed E-state index contributed by atoms with van der Waals surface area (Å²) >= 11 is 0. The van der Waals surface area contributed by atoms with Gasteiger partial charge in [-0.2, -0.15) is 0 Å². The van der Waals surface area contributed by atoms with Gasteiger partial charge in [-0.15, -0.1) is 0 Å². The zero-order valence-corrected chi connectivity index (χ0v) is 12.6. The lowest BCUT2D eigenvalue weighted by atomic mass is 9.90. The summed E-state index contributed by atoms with van der Waals surface area (Å²) in [4.78, 5) is 7.23. The summed E-state index contributed by atoms with van der Waals surface area (Å²) in [6.45, 7) is 4.86. The van der Waals surface area contributed by atoms with Gasteiger partial charge in [-0.25, -0.2) is 4.98 Å². The molecule has 1 aliphatic heterocycles.